The molecule has 19 heavy (non-hydrogen) atoms. The lowest BCUT2D eigenvalue weighted by Gasteiger charge is -2.34. The SMILES string of the molecule is CC(=O)N1C(=O)NC(C)=C(C#N)C1c1ccccc1. The lowest BCUT2D eigenvalue weighted by atomic mass is 9.95. The van der Waals surface area contributed by atoms with Gasteiger partial charge in [-0.25, -0.2) is 4.79 Å². The molecular weight excluding hydrogens is 242 g/mol. The number of urea groups is 1. The van der Waals surface area contributed by atoms with Crippen LogP contribution in [0.2, 0.25) is 0 Å². The van der Waals surface area contributed by atoms with Crippen LogP contribution in [0, 0.1) is 11.3 Å². The van der Waals surface area contributed by atoms with Crippen LogP contribution in [0.1, 0.15) is 25.5 Å². The summed E-state index contributed by atoms with van der Waals surface area (Å²) in [5.74, 6) is -0.397. The van der Waals surface area contributed by atoms with E-state index in [0.717, 1.165) is 10.5 Å². The molecule has 0 bridgehead atoms. The van der Waals surface area contributed by atoms with Crippen LogP contribution in [-0.4, -0.2) is 16.8 Å². The van der Waals surface area contributed by atoms with Gasteiger partial charge in [0.15, 0.2) is 0 Å². The van der Waals surface area contributed by atoms with Gasteiger partial charge in [-0.05, 0) is 12.5 Å². The monoisotopic (exact) mass is 255 g/mol. The molecular formula is C14H13N3O2. The van der Waals surface area contributed by atoms with Crippen molar-refractivity contribution in [3.8, 4) is 6.07 Å². The molecule has 96 valence electrons. The molecule has 3 amide bonds. The second-order valence-electron chi connectivity index (χ2n) is 4.28. The van der Waals surface area contributed by atoms with Crippen molar-refractivity contribution in [3.05, 3.63) is 47.2 Å². The van der Waals surface area contributed by atoms with Crippen LogP contribution in [0.3, 0.4) is 0 Å². The molecule has 1 aliphatic rings. The van der Waals surface area contributed by atoms with E-state index in [-0.39, 0.29) is 0 Å². The maximum Gasteiger partial charge on any atom is 0.329 e. The molecule has 1 aliphatic heterocycles. The molecule has 0 saturated carbocycles. The summed E-state index contributed by atoms with van der Waals surface area (Å²) in [5, 5.41) is 11.8. The number of imide groups is 1. The topological polar surface area (TPSA) is 73.2 Å². The Morgan fingerprint density at radius 3 is 2.53 bits per heavy atom. The number of nitrogens with one attached hydrogen (secondary N) is 1. The molecule has 1 unspecified atom stereocenters. The molecule has 0 fully saturated rings. The highest BCUT2D eigenvalue weighted by Crippen LogP contribution is 2.32. The number of allylic oxidation sites excluding steroid dienone is 1. The maximum absolute atomic E-state index is 11.9. The summed E-state index contributed by atoms with van der Waals surface area (Å²) < 4.78 is 0. The predicted molar refractivity (Wildman–Crippen MR) is 68.5 cm³/mol. The Morgan fingerprint density at radius 1 is 1.37 bits per heavy atom. The molecule has 0 spiro atoms. The summed E-state index contributed by atoms with van der Waals surface area (Å²) >= 11 is 0. The molecule has 2 rings (SSSR count). The number of rotatable bonds is 1. The summed E-state index contributed by atoms with van der Waals surface area (Å²) in [6, 6.07) is 9.97. The fraction of sp³-hybridized carbons (Fsp3) is 0.214. The smallest absolute Gasteiger partial charge is 0.310 e. The fourth-order valence-corrected chi connectivity index (χ4v) is 2.16. The maximum atomic E-state index is 11.9. The average Bonchev–Trinajstić information content (AvgIpc) is 2.38. The van der Waals surface area contributed by atoms with E-state index in [1.165, 1.54) is 6.92 Å². The van der Waals surface area contributed by atoms with Crippen molar-refractivity contribution in [1.82, 2.24) is 10.2 Å². The molecule has 5 heteroatoms. The zero-order valence-corrected chi connectivity index (χ0v) is 10.7. The van der Waals surface area contributed by atoms with E-state index in [0.29, 0.717) is 11.3 Å². The van der Waals surface area contributed by atoms with Gasteiger partial charge in [0.05, 0.1) is 11.6 Å². The number of carbonyl (C=O) groups is 2. The van der Waals surface area contributed by atoms with Gasteiger partial charge in [-0.15, -0.1) is 0 Å². The van der Waals surface area contributed by atoms with Crippen LogP contribution in [0.5, 0.6) is 0 Å². The van der Waals surface area contributed by atoms with Gasteiger partial charge in [-0.1, -0.05) is 30.3 Å². The summed E-state index contributed by atoms with van der Waals surface area (Å²) in [6.45, 7) is 2.97. The van der Waals surface area contributed by atoms with Crippen LogP contribution >= 0.6 is 0 Å². The molecule has 5 nitrogen and oxygen atoms in total. The van der Waals surface area contributed by atoms with E-state index in [1.54, 1.807) is 19.1 Å². The van der Waals surface area contributed by atoms with Crippen LogP contribution < -0.4 is 5.32 Å². The Hall–Kier alpha value is -2.61. The number of hydrogen-bond donors (Lipinski definition) is 1. The third-order valence-corrected chi connectivity index (χ3v) is 3.02. The minimum atomic E-state index is -0.655. The zero-order chi connectivity index (χ0) is 14.0. The minimum Gasteiger partial charge on any atom is -0.310 e. The second kappa shape index (κ2) is 4.94. The van der Waals surface area contributed by atoms with E-state index in [4.69, 9.17) is 0 Å². The Labute approximate surface area is 111 Å². The highest BCUT2D eigenvalue weighted by molar-refractivity contribution is 5.96. The minimum absolute atomic E-state index is 0.376. The van der Waals surface area contributed by atoms with Gasteiger partial charge in [-0.3, -0.25) is 9.69 Å². The number of benzene rings is 1. The van der Waals surface area contributed by atoms with Crippen LogP contribution in [0.15, 0.2) is 41.6 Å². The van der Waals surface area contributed by atoms with Gasteiger partial charge < -0.3 is 5.32 Å². The molecule has 1 aromatic rings. The van der Waals surface area contributed by atoms with Crippen LogP contribution in [-0.2, 0) is 4.79 Å². The number of carbonyl (C=O) groups excluding carboxylic acids is 2. The molecule has 1 N–H and O–H groups in total. The first-order chi connectivity index (χ1) is 9.06. The van der Waals surface area contributed by atoms with Gasteiger partial charge >= 0.3 is 6.03 Å². The van der Waals surface area contributed by atoms with Crippen LogP contribution in [0.4, 0.5) is 4.79 Å². The van der Waals surface area contributed by atoms with E-state index in [2.05, 4.69) is 11.4 Å². The zero-order valence-electron chi connectivity index (χ0n) is 10.7. The number of hydrogen-bond acceptors (Lipinski definition) is 3. The Balaban J connectivity index is 2.61. The largest absolute Gasteiger partial charge is 0.329 e. The van der Waals surface area contributed by atoms with E-state index >= 15 is 0 Å². The molecule has 1 heterocycles. The summed E-state index contributed by atoms with van der Waals surface area (Å²) in [4.78, 5) is 24.7. The quantitative estimate of drug-likeness (QED) is 0.835. The van der Waals surface area contributed by atoms with Crippen molar-refractivity contribution in [2.24, 2.45) is 0 Å². The van der Waals surface area contributed by atoms with Gasteiger partial charge in [-0.2, -0.15) is 5.26 Å². The Morgan fingerprint density at radius 2 is 2.00 bits per heavy atom. The fourth-order valence-electron chi connectivity index (χ4n) is 2.16. The van der Waals surface area contributed by atoms with Crippen molar-refractivity contribution in [2.75, 3.05) is 0 Å². The first-order valence-corrected chi connectivity index (χ1v) is 5.83. The molecule has 0 aliphatic carbocycles. The molecule has 0 radical (unpaired) electrons. The average molecular weight is 255 g/mol. The Kier molecular flexibility index (Phi) is 3.34. The van der Waals surface area contributed by atoms with Crippen molar-refractivity contribution < 1.29 is 9.59 Å². The van der Waals surface area contributed by atoms with Crippen LogP contribution in [0.25, 0.3) is 0 Å². The second-order valence-corrected chi connectivity index (χ2v) is 4.28. The van der Waals surface area contributed by atoms with E-state index < -0.39 is 18.0 Å². The molecule has 1 atom stereocenters. The lowest BCUT2D eigenvalue weighted by Crippen LogP contribution is -2.49. The summed E-state index contributed by atoms with van der Waals surface area (Å²) in [7, 11) is 0. The molecule has 0 saturated heterocycles. The number of amides is 3. The summed E-state index contributed by atoms with van der Waals surface area (Å²) in [5.41, 5.74) is 1.60. The number of nitrogens with zero attached hydrogens (tertiary/aromatic N) is 2. The normalized spacial score (nSPS) is 18.9. The molecule has 1 aromatic carbocycles. The van der Waals surface area contributed by atoms with Crippen molar-refractivity contribution >= 4 is 11.9 Å². The first-order valence-electron chi connectivity index (χ1n) is 5.83. The van der Waals surface area contributed by atoms with Gasteiger partial charge in [0.2, 0.25) is 5.91 Å². The number of nitriles is 1. The standard InChI is InChI=1S/C14H13N3O2/c1-9-12(8-15)13(11-6-4-3-5-7-11)17(10(2)18)14(19)16-9/h3-7,13H,1-2H3,(H,16,19). The predicted octanol–water partition coefficient (Wildman–Crippen LogP) is 2.10. The highest BCUT2D eigenvalue weighted by Gasteiger charge is 2.36. The Bertz CT molecular complexity index is 599. The lowest BCUT2D eigenvalue weighted by molar-refractivity contribution is -0.127. The highest BCUT2D eigenvalue weighted by atomic mass is 16.2. The first kappa shape index (κ1) is 12.8. The van der Waals surface area contributed by atoms with E-state index in [9.17, 15) is 14.9 Å². The third kappa shape index (κ3) is 2.20. The summed E-state index contributed by atoms with van der Waals surface area (Å²) in [6.07, 6.45) is 0. The van der Waals surface area contributed by atoms with Crippen molar-refractivity contribution in [1.29, 1.82) is 5.26 Å². The van der Waals surface area contributed by atoms with E-state index in [1.807, 2.05) is 18.2 Å². The van der Waals surface area contributed by atoms with Crippen molar-refractivity contribution in [2.45, 2.75) is 19.9 Å². The third-order valence-electron chi connectivity index (χ3n) is 3.02. The van der Waals surface area contributed by atoms with Gasteiger partial charge in [0.1, 0.15) is 6.04 Å². The van der Waals surface area contributed by atoms with Gasteiger partial charge in [0, 0.05) is 12.6 Å². The van der Waals surface area contributed by atoms with Gasteiger partial charge in [0.25, 0.3) is 0 Å². The molecule has 0 aromatic heterocycles. The van der Waals surface area contributed by atoms with Crippen molar-refractivity contribution in [3.63, 3.8) is 0 Å².